The maximum atomic E-state index is 14.6. The lowest BCUT2D eigenvalue weighted by Gasteiger charge is -2.46. The first-order valence-corrected chi connectivity index (χ1v) is 14.4. The van der Waals surface area contributed by atoms with E-state index in [1.165, 1.54) is 28.8 Å². The Morgan fingerprint density at radius 3 is 2.37 bits per heavy atom. The molecule has 35 heavy (non-hydrogen) atoms. The number of halogens is 4. The van der Waals surface area contributed by atoms with E-state index in [0.717, 1.165) is 31.0 Å². The van der Waals surface area contributed by atoms with E-state index in [2.05, 4.69) is 44.2 Å². The largest absolute Gasteiger partial charge is 0.416 e. The monoisotopic (exact) mass is 507 g/mol. The summed E-state index contributed by atoms with van der Waals surface area (Å²) in [5.41, 5.74) is -2.14. The Labute approximate surface area is 202 Å². The third kappa shape index (κ3) is 4.86. The van der Waals surface area contributed by atoms with Crippen molar-refractivity contribution < 1.29 is 22.0 Å². The van der Waals surface area contributed by atoms with Gasteiger partial charge in [0.05, 0.1) is 28.8 Å². The van der Waals surface area contributed by atoms with Crippen LogP contribution in [0.25, 0.3) is 16.6 Å². The molecule has 3 aromatic rings. The summed E-state index contributed by atoms with van der Waals surface area (Å²) in [6, 6.07) is 7.11. The van der Waals surface area contributed by atoms with Gasteiger partial charge in [-0.3, -0.25) is 9.20 Å². The zero-order valence-electron chi connectivity index (χ0n) is 20.3. The fourth-order valence-electron chi connectivity index (χ4n) is 3.88. The van der Waals surface area contributed by atoms with Gasteiger partial charge in [0.2, 0.25) is 5.95 Å². The van der Waals surface area contributed by atoms with Gasteiger partial charge in [0.1, 0.15) is 5.82 Å². The summed E-state index contributed by atoms with van der Waals surface area (Å²) in [6.07, 6.45) is -1.91. The van der Waals surface area contributed by atoms with Gasteiger partial charge in [0.15, 0.2) is 8.32 Å². The molecule has 2 aromatic heterocycles. The fraction of sp³-hybridized carbons (Fsp3) is 0.440. The summed E-state index contributed by atoms with van der Waals surface area (Å²) >= 11 is 0. The van der Waals surface area contributed by atoms with Gasteiger partial charge in [-0.1, -0.05) is 39.0 Å². The first-order chi connectivity index (χ1) is 16.2. The van der Waals surface area contributed by atoms with Crippen molar-refractivity contribution in [1.29, 1.82) is 0 Å². The van der Waals surface area contributed by atoms with E-state index in [4.69, 9.17) is 4.43 Å². The van der Waals surface area contributed by atoms with Gasteiger partial charge in [0.25, 0.3) is 5.56 Å². The van der Waals surface area contributed by atoms with Crippen LogP contribution in [-0.2, 0) is 10.6 Å². The number of fused-ring (bicyclic) bond motifs is 1. The van der Waals surface area contributed by atoms with E-state index in [1.807, 2.05) is 0 Å². The minimum atomic E-state index is -4.63. The maximum Gasteiger partial charge on any atom is 0.416 e. The van der Waals surface area contributed by atoms with Crippen LogP contribution in [-0.4, -0.2) is 29.8 Å². The Balaban J connectivity index is 1.78. The molecule has 2 atom stereocenters. The number of benzene rings is 1. The lowest BCUT2D eigenvalue weighted by Crippen LogP contribution is -2.53. The highest BCUT2D eigenvalue weighted by molar-refractivity contribution is 6.74. The van der Waals surface area contributed by atoms with Crippen molar-refractivity contribution in [3.05, 3.63) is 64.3 Å². The first kappa shape index (κ1) is 25.4. The van der Waals surface area contributed by atoms with Gasteiger partial charge in [-0.2, -0.15) is 18.2 Å². The molecule has 2 heterocycles. The third-order valence-electron chi connectivity index (χ3n) is 7.11. The standard InChI is InChI=1S/C25H29F4N3O2Si/c1-24(2,3)35(4,5)34-20-11-10-18(20)30-23-31-22(33)21(16-8-6-7-9-17(16)26)19-14-15(25(27,28)29)12-13-32(19)23/h6-9,12-14,18,20H,10-11H2,1-5H3,(H,30,31,33)/t18-,20-/m1/s1. The Morgan fingerprint density at radius 2 is 1.80 bits per heavy atom. The molecule has 1 fully saturated rings. The number of alkyl halides is 3. The second-order valence-corrected chi connectivity index (χ2v) is 15.3. The summed E-state index contributed by atoms with van der Waals surface area (Å²) < 4.78 is 63.0. The predicted octanol–water partition coefficient (Wildman–Crippen LogP) is 6.48. The van der Waals surface area contributed by atoms with Gasteiger partial charge < -0.3 is 9.74 Å². The number of hydrogen-bond donors (Lipinski definition) is 1. The van der Waals surface area contributed by atoms with E-state index in [9.17, 15) is 22.4 Å². The number of pyridine rings is 1. The second-order valence-electron chi connectivity index (χ2n) is 10.5. The molecule has 1 aliphatic carbocycles. The molecular formula is C25H29F4N3O2Si. The van der Waals surface area contributed by atoms with Gasteiger partial charge >= 0.3 is 6.18 Å². The van der Waals surface area contributed by atoms with Gasteiger partial charge in [-0.25, -0.2) is 4.39 Å². The lowest BCUT2D eigenvalue weighted by molar-refractivity contribution is -0.137. The van der Waals surface area contributed by atoms with Crippen molar-refractivity contribution in [2.75, 3.05) is 5.32 Å². The van der Waals surface area contributed by atoms with E-state index >= 15 is 0 Å². The van der Waals surface area contributed by atoms with Gasteiger partial charge in [-0.05, 0) is 49.2 Å². The molecule has 1 aliphatic rings. The minimum absolute atomic E-state index is 0.0183. The highest BCUT2D eigenvalue weighted by atomic mass is 28.4. The predicted molar refractivity (Wildman–Crippen MR) is 131 cm³/mol. The van der Waals surface area contributed by atoms with Crippen LogP contribution in [0.3, 0.4) is 0 Å². The van der Waals surface area contributed by atoms with Gasteiger partial charge in [-0.15, -0.1) is 0 Å². The molecule has 0 amide bonds. The number of rotatable bonds is 5. The summed E-state index contributed by atoms with van der Waals surface area (Å²) in [7, 11) is -2.04. The van der Waals surface area contributed by atoms with Gasteiger partial charge in [0, 0.05) is 11.8 Å². The molecule has 1 N–H and O–H groups in total. The average Bonchev–Trinajstić information content (AvgIpc) is 2.74. The van der Waals surface area contributed by atoms with E-state index in [1.54, 1.807) is 0 Å². The molecule has 0 saturated heterocycles. The molecule has 1 saturated carbocycles. The van der Waals surface area contributed by atoms with Crippen molar-refractivity contribution in [2.24, 2.45) is 0 Å². The highest BCUT2D eigenvalue weighted by Gasteiger charge is 2.43. The van der Waals surface area contributed by atoms with E-state index in [0.29, 0.717) is 0 Å². The minimum Gasteiger partial charge on any atom is -0.412 e. The second kappa shape index (κ2) is 8.74. The molecule has 0 bridgehead atoms. The van der Waals surface area contributed by atoms with Crippen molar-refractivity contribution in [2.45, 2.75) is 70.1 Å². The van der Waals surface area contributed by atoms with Crippen LogP contribution in [0.15, 0.2) is 47.4 Å². The molecular weight excluding hydrogens is 478 g/mol. The first-order valence-electron chi connectivity index (χ1n) is 11.5. The molecule has 5 nitrogen and oxygen atoms in total. The maximum absolute atomic E-state index is 14.6. The van der Waals surface area contributed by atoms with Crippen LogP contribution < -0.4 is 10.9 Å². The number of anilines is 1. The SMILES string of the molecule is CC(C)(C)[Si](C)(C)O[C@@H]1CC[C@H]1Nc1nc(=O)c(-c2ccccc2F)c2cc(C(F)(F)F)ccn12. The van der Waals surface area contributed by atoms with Crippen molar-refractivity contribution in [3.63, 3.8) is 0 Å². The topological polar surface area (TPSA) is 55.6 Å². The summed E-state index contributed by atoms with van der Waals surface area (Å²) in [6.45, 7) is 10.8. The van der Waals surface area contributed by atoms with Crippen LogP contribution in [0.1, 0.15) is 39.2 Å². The number of nitrogens with zero attached hydrogens (tertiary/aromatic N) is 2. The number of aromatic nitrogens is 2. The van der Waals surface area contributed by atoms with Crippen LogP contribution in [0.5, 0.6) is 0 Å². The average molecular weight is 508 g/mol. The molecule has 0 unspecified atom stereocenters. The Bertz CT molecular complexity index is 1310. The Kier molecular flexibility index (Phi) is 6.34. The Hall–Kier alpha value is -2.72. The molecule has 188 valence electrons. The number of hydrogen-bond acceptors (Lipinski definition) is 4. The van der Waals surface area contributed by atoms with E-state index < -0.39 is 31.4 Å². The Morgan fingerprint density at radius 1 is 1.11 bits per heavy atom. The summed E-state index contributed by atoms with van der Waals surface area (Å²) in [5, 5.41) is 3.23. The molecule has 4 rings (SSSR count). The van der Waals surface area contributed by atoms with Crippen LogP contribution >= 0.6 is 0 Å². The van der Waals surface area contributed by atoms with Crippen LogP contribution in [0.2, 0.25) is 18.1 Å². The smallest absolute Gasteiger partial charge is 0.412 e. The summed E-state index contributed by atoms with van der Waals surface area (Å²) in [4.78, 5) is 17.2. The molecule has 0 radical (unpaired) electrons. The number of nitrogens with one attached hydrogen (secondary N) is 1. The third-order valence-corrected chi connectivity index (χ3v) is 11.6. The fourth-order valence-corrected chi connectivity index (χ4v) is 5.28. The molecule has 0 spiro atoms. The normalized spacial score (nSPS) is 19.0. The molecule has 10 heteroatoms. The quantitative estimate of drug-likeness (QED) is 0.317. The van der Waals surface area contributed by atoms with Crippen molar-refractivity contribution >= 4 is 19.8 Å². The lowest BCUT2D eigenvalue weighted by atomic mass is 9.89. The summed E-state index contributed by atoms with van der Waals surface area (Å²) in [5.74, 6) is -0.611. The highest BCUT2D eigenvalue weighted by Crippen LogP contribution is 2.41. The van der Waals surface area contributed by atoms with E-state index in [-0.39, 0.29) is 39.8 Å². The molecule has 1 aromatic carbocycles. The van der Waals surface area contributed by atoms with Crippen molar-refractivity contribution in [3.8, 4) is 11.1 Å². The zero-order chi connectivity index (χ0) is 25.8. The van der Waals surface area contributed by atoms with Crippen molar-refractivity contribution in [1.82, 2.24) is 9.38 Å². The van der Waals surface area contributed by atoms with Crippen LogP contribution in [0.4, 0.5) is 23.5 Å². The zero-order valence-corrected chi connectivity index (χ0v) is 21.3. The van der Waals surface area contributed by atoms with Crippen LogP contribution in [0, 0.1) is 5.82 Å². The molecule has 0 aliphatic heterocycles.